The fourth-order valence-electron chi connectivity index (χ4n) is 2.27. The van der Waals surface area contributed by atoms with E-state index in [2.05, 4.69) is 27.3 Å². The zero-order valence-electron chi connectivity index (χ0n) is 11.0. The maximum absolute atomic E-state index is 12.3. The highest BCUT2D eigenvalue weighted by atomic mass is 79.9. The van der Waals surface area contributed by atoms with E-state index in [1.165, 1.54) is 0 Å². The molecule has 0 aliphatic carbocycles. The second kappa shape index (κ2) is 5.72. The van der Waals surface area contributed by atoms with Gasteiger partial charge in [0.15, 0.2) is 0 Å². The number of nitriles is 1. The van der Waals surface area contributed by atoms with Crippen molar-refractivity contribution in [3.63, 3.8) is 0 Å². The highest BCUT2D eigenvalue weighted by Crippen LogP contribution is 2.30. The van der Waals surface area contributed by atoms with E-state index in [1.54, 1.807) is 17.0 Å². The summed E-state index contributed by atoms with van der Waals surface area (Å²) in [5, 5.41) is 12.1. The zero-order chi connectivity index (χ0) is 14.0. The van der Waals surface area contributed by atoms with Crippen LogP contribution in [0.3, 0.4) is 0 Å². The Balaban J connectivity index is 2.20. The number of halogens is 1. The van der Waals surface area contributed by atoms with E-state index in [1.807, 2.05) is 19.9 Å². The van der Waals surface area contributed by atoms with Crippen LogP contribution in [0.4, 0.5) is 5.69 Å². The Morgan fingerprint density at radius 2 is 2.26 bits per heavy atom. The standard InChI is InChI=1S/C14H16BrN3O/c1-9(2)17-12-5-6-18(14(12)19)13-4-3-10(8-16)7-11(13)15/h3-4,7,9,12,17H,5-6H2,1-2H3. The summed E-state index contributed by atoms with van der Waals surface area (Å²) in [7, 11) is 0. The van der Waals surface area contributed by atoms with E-state index >= 15 is 0 Å². The van der Waals surface area contributed by atoms with E-state index < -0.39 is 0 Å². The highest BCUT2D eigenvalue weighted by Gasteiger charge is 2.33. The van der Waals surface area contributed by atoms with Gasteiger partial charge in [-0.05, 0) is 40.5 Å². The SMILES string of the molecule is CC(C)NC1CCN(c2ccc(C#N)cc2Br)C1=O. The Hall–Kier alpha value is -1.38. The van der Waals surface area contributed by atoms with Gasteiger partial charge in [-0.25, -0.2) is 0 Å². The number of benzene rings is 1. The minimum absolute atomic E-state index is 0.0964. The van der Waals surface area contributed by atoms with Gasteiger partial charge in [0.2, 0.25) is 5.91 Å². The summed E-state index contributed by atoms with van der Waals surface area (Å²) < 4.78 is 0.782. The van der Waals surface area contributed by atoms with Crippen LogP contribution in [0, 0.1) is 11.3 Å². The normalized spacial score (nSPS) is 19.0. The molecule has 0 saturated carbocycles. The van der Waals surface area contributed by atoms with E-state index in [9.17, 15) is 4.79 Å². The van der Waals surface area contributed by atoms with Crippen LogP contribution in [0.1, 0.15) is 25.8 Å². The Bertz CT molecular complexity index is 536. The van der Waals surface area contributed by atoms with E-state index in [4.69, 9.17) is 5.26 Å². The molecule has 19 heavy (non-hydrogen) atoms. The van der Waals surface area contributed by atoms with E-state index in [0.29, 0.717) is 18.2 Å². The van der Waals surface area contributed by atoms with Crippen molar-refractivity contribution in [2.75, 3.05) is 11.4 Å². The first kappa shape index (κ1) is 14.0. The number of nitrogens with one attached hydrogen (secondary N) is 1. The summed E-state index contributed by atoms with van der Waals surface area (Å²) in [6.07, 6.45) is 0.809. The Kier molecular flexibility index (Phi) is 4.23. The van der Waals surface area contributed by atoms with Crippen molar-refractivity contribution < 1.29 is 4.79 Å². The molecule has 1 N–H and O–H groups in total. The lowest BCUT2D eigenvalue weighted by atomic mass is 10.2. The molecular formula is C14H16BrN3O. The fourth-order valence-corrected chi connectivity index (χ4v) is 2.86. The molecular weight excluding hydrogens is 306 g/mol. The lowest BCUT2D eigenvalue weighted by molar-refractivity contribution is -0.118. The molecule has 1 heterocycles. The second-order valence-electron chi connectivity index (χ2n) is 4.93. The zero-order valence-corrected chi connectivity index (χ0v) is 12.6. The number of nitrogens with zero attached hydrogens (tertiary/aromatic N) is 2. The van der Waals surface area contributed by atoms with Gasteiger partial charge in [-0.3, -0.25) is 4.79 Å². The highest BCUT2D eigenvalue weighted by molar-refractivity contribution is 9.10. The number of amides is 1. The average Bonchev–Trinajstić information content (AvgIpc) is 2.70. The van der Waals surface area contributed by atoms with Gasteiger partial charge < -0.3 is 10.2 Å². The number of carbonyl (C=O) groups excluding carboxylic acids is 1. The summed E-state index contributed by atoms with van der Waals surface area (Å²) >= 11 is 3.43. The molecule has 0 spiro atoms. The number of anilines is 1. The molecule has 4 nitrogen and oxygen atoms in total. The molecule has 1 amide bonds. The molecule has 1 atom stereocenters. The summed E-state index contributed by atoms with van der Waals surface area (Å²) in [4.78, 5) is 14.1. The quantitative estimate of drug-likeness (QED) is 0.930. The van der Waals surface area contributed by atoms with Crippen LogP contribution in [0.5, 0.6) is 0 Å². The van der Waals surface area contributed by atoms with Crippen LogP contribution in [-0.4, -0.2) is 24.5 Å². The third kappa shape index (κ3) is 2.96. The maximum Gasteiger partial charge on any atom is 0.244 e. The largest absolute Gasteiger partial charge is 0.310 e. The van der Waals surface area contributed by atoms with Crippen molar-refractivity contribution in [2.24, 2.45) is 0 Å². The molecule has 2 rings (SSSR count). The lowest BCUT2D eigenvalue weighted by Crippen LogP contribution is -2.41. The maximum atomic E-state index is 12.3. The van der Waals surface area contributed by atoms with Crippen molar-refractivity contribution in [3.8, 4) is 6.07 Å². The average molecular weight is 322 g/mol. The summed E-state index contributed by atoms with van der Waals surface area (Å²) in [5.41, 5.74) is 1.41. The lowest BCUT2D eigenvalue weighted by Gasteiger charge is -2.19. The second-order valence-corrected chi connectivity index (χ2v) is 5.78. The topological polar surface area (TPSA) is 56.1 Å². The van der Waals surface area contributed by atoms with Crippen molar-refractivity contribution in [3.05, 3.63) is 28.2 Å². The van der Waals surface area contributed by atoms with Gasteiger partial charge in [0.05, 0.1) is 23.4 Å². The number of rotatable bonds is 3. The van der Waals surface area contributed by atoms with Crippen LogP contribution in [0.15, 0.2) is 22.7 Å². The van der Waals surface area contributed by atoms with Gasteiger partial charge in [0.1, 0.15) is 0 Å². The first-order valence-electron chi connectivity index (χ1n) is 6.30. The molecule has 1 aliphatic rings. The predicted octanol–water partition coefficient (Wildman–Crippen LogP) is 2.42. The monoisotopic (exact) mass is 321 g/mol. The van der Waals surface area contributed by atoms with Crippen molar-refractivity contribution in [1.29, 1.82) is 5.26 Å². The smallest absolute Gasteiger partial charge is 0.244 e. The molecule has 0 radical (unpaired) electrons. The van der Waals surface area contributed by atoms with Crippen LogP contribution in [0.25, 0.3) is 0 Å². The van der Waals surface area contributed by atoms with Gasteiger partial charge in [-0.2, -0.15) is 5.26 Å². The number of carbonyl (C=O) groups is 1. The van der Waals surface area contributed by atoms with Gasteiger partial charge in [0.25, 0.3) is 0 Å². The summed E-state index contributed by atoms with van der Waals surface area (Å²) in [6.45, 7) is 4.77. The van der Waals surface area contributed by atoms with Crippen molar-refractivity contribution in [1.82, 2.24) is 5.32 Å². The Morgan fingerprint density at radius 3 is 2.84 bits per heavy atom. The third-order valence-electron chi connectivity index (χ3n) is 3.11. The summed E-state index contributed by atoms with van der Waals surface area (Å²) in [6, 6.07) is 7.56. The molecule has 0 aromatic heterocycles. The molecule has 1 saturated heterocycles. The van der Waals surface area contributed by atoms with Crippen LogP contribution in [-0.2, 0) is 4.79 Å². The van der Waals surface area contributed by atoms with Crippen LogP contribution < -0.4 is 10.2 Å². The first-order chi connectivity index (χ1) is 9.02. The van der Waals surface area contributed by atoms with Gasteiger partial charge in [-0.15, -0.1) is 0 Å². The molecule has 1 aromatic rings. The summed E-state index contributed by atoms with van der Waals surface area (Å²) in [5.74, 6) is 0.0964. The van der Waals surface area contributed by atoms with Crippen molar-refractivity contribution >= 4 is 27.5 Å². The molecule has 5 heteroatoms. The van der Waals surface area contributed by atoms with E-state index in [-0.39, 0.29) is 11.9 Å². The Labute approximate surface area is 121 Å². The molecule has 1 aliphatic heterocycles. The van der Waals surface area contributed by atoms with Gasteiger partial charge >= 0.3 is 0 Å². The Morgan fingerprint density at radius 1 is 1.53 bits per heavy atom. The fraction of sp³-hybridized carbons (Fsp3) is 0.429. The van der Waals surface area contributed by atoms with E-state index in [0.717, 1.165) is 16.6 Å². The number of hydrogen-bond acceptors (Lipinski definition) is 3. The molecule has 1 unspecified atom stereocenters. The van der Waals surface area contributed by atoms with Crippen molar-refractivity contribution in [2.45, 2.75) is 32.4 Å². The minimum Gasteiger partial charge on any atom is -0.310 e. The van der Waals surface area contributed by atoms with Crippen LogP contribution >= 0.6 is 15.9 Å². The molecule has 1 fully saturated rings. The first-order valence-corrected chi connectivity index (χ1v) is 7.09. The van der Waals surface area contributed by atoms with Gasteiger partial charge in [0, 0.05) is 17.1 Å². The molecule has 100 valence electrons. The third-order valence-corrected chi connectivity index (χ3v) is 3.74. The minimum atomic E-state index is -0.109. The predicted molar refractivity (Wildman–Crippen MR) is 77.9 cm³/mol. The number of hydrogen-bond donors (Lipinski definition) is 1. The molecule has 0 bridgehead atoms. The molecule has 1 aromatic carbocycles. The van der Waals surface area contributed by atoms with Crippen LogP contribution in [0.2, 0.25) is 0 Å². The van der Waals surface area contributed by atoms with Gasteiger partial charge in [-0.1, -0.05) is 13.8 Å².